The molecule has 38 heavy (non-hydrogen) atoms. The van der Waals surface area contributed by atoms with Crippen molar-refractivity contribution >= 4 is 18.1 Å². The molecule has 1 aliphatic heterocycles. The smallest absolute Gasteiger partial charge is 0.437 e. The van der Waals surface area contributed by atoms with Crippen LogP contribution in [0, 0.1) is 0 Å². The summed E-state index contributed by atoms with van der Waals surface area (Å²) in [5, 5.41) is 14.2. The number of aliphatic imine (C=N–C) groups is 1. The number of unbranched alkanes of at least 4 members (excludes halogenated alkanes) is 3. The van der Waals surface area contributed by atoms with Crippen LogP contribution in [0.15, 0.2) is 33.8 Å². The molecule has 0 aliphatic carbocycles. The maximum Gasteiger partial charge on any atom is 0.437 e. The zero-order valence-electron chi connectivity index (χ0n) is 23.7. The first kappa shape index (κ1) is 29.1. The van der Waals surface area contributed by atoms with E-state index in [1.54, 1.807) is 46.4 Å². The van der Waals surface area contributed by atoms with Crippen molar-refractivity contribution in [2.24, 2.45) is 4.99 Å². The molecule has 2 amide bonds. The summed E-state index contributed by atoms with van der Waals surface area (Å²) in [7, 11) is 0. The molecule has 1 atom stereocenters. The van der Waals surface area contributed by atoms with Gasteiger partial charge in [0, 0.05) is 17.6 Å². The first-order chi connectivity index (χ1) is 17.8. The second-order valence-electron chi connectivity index (χ2n) is 11.6. The third-order valence-corrected chi connectivity index (χ3v) is 6.18. The summed E-state index contributed by atoms with van der Waals surface area (Å²) in [5.74, 6) is 0.773. The van der Waals surface area contributed by atoms with Crippen LogP contribution in [-0.2, 0) is 11.2 Å². The minimum Gasteiger partial charge on any atom is -0.465 e. The van der Waals surface area contributed by atoms with Crippen molar-refractivity contribution in [1.82, 2.24) is 19.9 Å². The van der Waals surface area contributed by atoms with Crippen LogP contribution in [0.4, 0.5) is 9.59 Å². The third kappa shape index (κ3) is 7.55. The second kappa shape index (κ2) is 12.0. The standard InChI is InChI=1S/C28H41N5O5/c1-8-9-10-11-12-19-13-15-20(16-14-19)22-29-23(38-31-22)21-17-18-32(21)24(30-25(34)37-28(5,6)7)33(26(35)36)27(2,3)4/h13-16,21H,8-12,17-18H2,1-7H3,(H,35,36). The Balaban J connectivity index is 1.82. The highest BCUT2D eigenvalue weighted by atomic mass is 16.6. The van der Waals surface area contributed by atoms with Crippen molar-refractivity contribution < 1.29 is 24.0 Å². The maximum absolute atomic E-state index is 12.6. The van der Waals surface area contributed by atoms with Gasteiger partial charge in [0.05, 0.1) is 0 Å². The van der Waals surface area contributed by atoms with Crippen molar-refractivity contribution in [3.63, 3.8) is 0 Å². The molecule has 1 N–H and O–H groups in total. The SMILES string of the molecule is CCCCCCc1ccc(-c2noc(C3CCN3C(=NC(=O)OC(C)(C)C)N(C(=O)O)C(C)(C)C)n2)cc1. The number of carbonyl (C=O) groups is 2. The zero-order valence-corrected chi connectivity index (χ0v) is 23.7. The molecule has 1 unspecified atom stereocenters. The highest BCUT2D eigenvalue weighted by Gasteiger charge is 2.43. The molecule has 0 radical (unpaired) electrons. The van der Waals surface area contributed by atoms with Gasteiger partial charge in [0.2, 0.25) is 17.7 Å². The van der Waals surface area contributed by atoms with E-state index in [0.29, 0.717) is 24.7 Å². The van der Waals surface area contributed by atoms with Gasteiger partial charge in [-0.1, -0.05) is 55.6 Å². The van der Waals surface area contributed by atoms with Crippen LogP contribution in [-0.4, -0.2) is 60.9 Å². The number of aromatic nitrogens is 2. The van der Waals surface area contributed by atoms with Crippen LogP contribution >= 0.6 is 0 Å². The predicted octanol–water partition coefficient (Wildman–Crippen LogP) is 6.68. The number of hydrogen-bond donors (Lipinski definition) is 1. The third-order valence-electron chi connectivity index (χ3n) is 6.18. The van der Waals surface area contributed by atoms with Crippen LogP contribution in [0.2, 0.25) is 0 Å². The summed E-state index contributed by atoms with van der Waals surface area (Å²) in [4.78, 5) is 36.3. The quantitative estimate of drug-likeness (QED) is 0.240. The fourth-order valence-electron chi connectivity index (χ4n) is 4.23. The lowest BCUT2D eigenvalue weighted by Crippen LogP contribution is -2.59. The highest BCUT2D eigenvalue weighted by molar-refractivity contribution is 5.99. The van der Waals surface area contributed by atoms with Crippen LogP contribution in [0.1, 0.15) is 98.1 Å². The Morgan fingerprint density at radius 2 is 1.82 bits per heavy atom. The molecule has 208 valence electrons. The van der Waals surface area contributed by atoms with E-state index in [2.05, 4.69) is 34.2 Å². The lowest BCUT2D eigenvalue weighted by molar-refractivity contribution is 0.0578. The molecule has 0 bridgehead atoms. The van der Waals surface area contributed by atoms with Gasteiger partial charge in [0.25, 0.3) is 0 Å². The monoisotopic (exact) mass is 527 g/mol. The number of guanidine groups is 1. The Morgan fingerprint density at radius 3 is 2.34 bits per heavy atom. The second-order valence-corrected chi connectivity index (χ2v) is 11.6. The molecular formula is C28H41N5O5. The van der Waals surface area contributed by atoms with E-state index in [1.165, 1.54) is 31.2 Å². The van der Waals surface area contributed by atoms with Gasteiger partial charge in [-0.15, -0.1) is 4.99 Å². The van der Waals surface area contributed by atoms with Gasteiger partial charge in [-0.25, -0.2) is 14.5 Å². The Morgan fingerprint density at radius 1 is 1.13 bits per heavy atom. The first-order valence-corrected chi connectivity index (χ1v) is 13.3. The van der Waals surface area contributed by atoms with Crippen LogP contribution < -0.4 is 0 Å². The number of ether oxygens (including phenoxy) is 1. The van der Waals surface area contributed by atoms with Crippen molar-refractivity contribution in [1.29, 1.82) is 0 Å². The number of rotatable bonds is 7. The maximum atomic E-state index is 12.6. The minimum absolute atomic E-state index is 0.0253. The van der Waals surface area contributed by atoms with Gasteiger partial charge in [0.1, 0.15) is 11.6 Å². The van der Waals surface area contributed by atoms with Gasteiger partial charge < -0.3 is 19.3 Å². The van der Waals surface area contributed by atoms with Gasteiger partial charge in [-0.05, 0) is 66.4 Å². The van der Waals surface area contributed by atoms with Crippen molar-refractivity contribution in [2.45, 2.75) is 104 Å². The summed E-state index contributed by atoms with van der Waals surface area (Å²) in [6, 6.07) is 7.74. The highest BCUT2D eigenvalue weighted by Crippen LogP contribution is 2.35. The van der Waals surface area contributed by atoms with E-state index < -0.39 is 29.4 Å². The van der Waals surface area contributed by atoms with E-state index in [0.717, 1.165) is 16.9 Å². The van der Waals surface area contributed by atoms with E-state index >= 15 is 0 Å². The largest absolute Gasteiger partial charge is 0.465 e. The summed E-state index contributed by atoms with van der Waals surface area (Å²) >= 11 is 0. The molecule has 0 saturated carbocycles. The fraction of sp³-hybridized carbons (Fsp3) is 0.607. The molecule has 10 nitrogen and oxygen atoms in total. The zero-order chi connectivity index (χ0) is 28.1. The summed E-state index contributed by atoms with van der Waals surface area (Å²) in [6.45, 7) is 13.1. The molecule has 1 aliphatic rings. The molecule has 0 spiro atoms. The van der Waals surface area contributed by atoms with Gasteiger partial charge >= 0.3 is 12.2 Å². The Kier molecular flexibility index (Phi) is 9.17. The van der Waals surface area contributed by atoms with E-state index in [4.69, 9.17) is 9.26 Å². The minimum atomic E-state index is -1.23. The lowest BCUT2D eigenvalue weighted by atomic mass is 10.0. The summed E-state index contributed by atoms with van der Waals surface area (Å²) in [6.07, 6.45) is 4.47. The van der Waals surface area contributed by atoms with Crippen molar-refractivity contribution in [3.05, 3.63) is 35.7 Å². The first-order valence-electron chi connectivity index (χ1n) is 13.3. The number of nitrogens with zero attached hydrogens (tertiary/aromatic N) is 5. The van der Waals surface area contributed by atoms with Crippen molar-refractivity contribution in [2.75, 3.05) is 6.54 Å². The molecule has 1 aromatic carbocycles. The number of benzene rings is 1. The topological polar surface area (TPSA) is 121 Å². The Hall–Kier alpha value is -3.43. The molecule has 2 aromatic rings. The average Bonchev–Trinajstić information content (AvgIpc) is 3.23. The number of hydrogen-bond acceptors (Lipinski definition) is 6. The van der Waals surface area contributed by atoms with E-state index in [1.807, 2.05) is 12.1 Å². The molecular weight excluding hydrogens is 486 g/mol. The van der Waals surface area contributed by atoms with Crippen LogP contribution in [0.3, 0.4) is 0 Å². The normalized spacial score (nSPS) is 16.2. The molecule has 2 heterocycles. The number of aryl methyl sites for hydroxylation is 1. The molecule has 10 heteroatoms. The van der Waals surface area contributed by atoms with Crippen LogP contribution in [0.5, 0.6) is 0 Å². The Bertz CT molecular complexity index is 1130. The number of likely N-dealkylation sites (tertiary alicyclic amines) is 1. The van der Waals surface area contributed by atoms with Gasteiger partial charge in [0.15, 0.2) is 0 Å². The Labute approximate surface area is 225 Å². The van der Waals surface area contributed by atoms with Crippen LogP contribution in [0.25, 0.3) is 11.4 Å². The van der Waals surface area contributed by atoms with Gasteiger partial charge in [-0.3, -0.25) is 0 Å². The number of carbonyl (C=O) groups excluding carboxylic acids is 1. The molecule has 1 aromatic heterocycles. The molecule has 1 fully saturated rings. The summed E-state index contributed by atoms with van der Waals surface area (Å²) in [5.41, 5.74) is 0.471. The average molecular weight is 528 g/mol. The molecule has 1 saturated heterocycles. The predicted molar refractivity (Wildman–Crippen MR) is 145 cm³/mol. The fourth-order valence-corrected chi connectivity index (χ4v) is 4.23. The van der Waals surface area contributed by atoms with E-state index in [9.17, 15) is 14.7 Å². The van der Waals surface area contributed by atoms with Gasteiger partial charge in [-0.2, -0.15) is 4.98 Å². The molecule has 3 rings (SSSR count). The number of carboxylic acid groups (broad SMARTS) is 1. The summed E-state index contributed by atoms with van der Waals surface area (Å²) < 4.78 is 11.0. The van der Waals surface area contributed by atoms with E-state index in [-0.39, 0.29) is 5.96 Å². The number of amides is 2. The van der Waals surface area contributed by atoms with Crippen molar-refractivity contribution in [3.8, 4) is 11.4 Å². The lowest BCUT2D eigenvalue weighted by Gasteiger charge is -2.45.